The minimum atomic E-state index is 0.647. The van der Waals surface area contributed by atoms with Crippen LogP contribution >= 0.6 is 0 Å². The van der Waals surface area contributed by atoms with Gasteiger partial charge in [0.15, 0.2) is 0 Å². The second kappa shape index (κ2) is 6.94. The van der Waals surface area contributed by atoms with Crippen LogP contribution in [0.15, 0.2) is 24.3 Å². The summed E-state index contributed by atoms with van der Waals surface area (Å²) in [6, 6.07) is 9.41. The summed E-state index contributed by atoms with van der Waals surface area (Å²) < 4.78 is 0. The smallest absolute Gasteiger partial charge is 0.00771 e. The van der Waals surface area contributed by atoms with Crippen molar-refractivity contribution >= 4 is 0 Å². The molecule has 1 aliphatic carbocycles. The maximum absolute atomic E-state index is 5.58. The highest BCUT2D eigenvalue weighted by atomic mass is 14.5. The zero-order valence-electron chi connectivity index (χ0n) is 11.7. The molecule has 1 fully saturated rings. The zero-order chi connectivity index (χ0) is 12.8. The first-order chi connectivity index (χ1) is 8.81. The van der Waals surface area contributed by atoms with Crippen LogP contribution in [-0.4, -0.2) is 6.54 Å². The molecule has 100 valence electrons. The quantitative estimate of drug-likeness (QED) is 0.807. The Morgan fingerprint density at radius 3 is 2.39 bits per heavy atom. The van der Waals surface area contributed by atoms with E-state index < -0.39 is 0 Å². The first-order valence-electron chi connectivity index (χ1n) is 7.61. The van der Waals surface area contributed by atoms with Gasteiger partial charge in [0.25, 0.3) is 0 Å². The summed E-state index contributed by atoms with van der Waals surface area (Å²) in [6.07, 6.45) is 9.39. The normalized spacial score (nSPS) is 18.8. The molecular formula is C17H27N. The van der Waals surface area contributed by atoms with E-state index in [1.54, 1.807) is 5.56 Å². The Morgan fingerprint density at radius 2 is 1.78 bits per heavy atom. The maximum atomic E-state index is 5.58. The van der Waals surface area contributed by atoms with Gasteiger partial charge in [0.2, 0.25) is 0 Å². The van der Waals surface area contributed by atoms with Gasteiger partial charge < -0.3 is 5.73 Å². The fraction of sp³-hybridized carbons (Fsp3) is 0.647. The van der Waals surface area contributed by atoms with E-state index in [0.717, 1.165) is 18.9 Å². The van der Waals surface area contributed by atoms with Crippen LogP contribution in [0.2, 0.25) is 0 Å². The molecule has 1 aromatic carbocycles. The fourth-order valence-corrected chi connectivity index (χ4v) is 3.12. The number of hydrogen-bond donors (Lipinski definition) is 1. The van der Waals surface area contributed by atoms with E-state index in [-0.39, 0.29) is 0 Å². The van der Waals surface area contributed by atoms with E-state index in [1.807, 2.05) is 0 Å². The average Bonchev–Trinajstić information content (AvgIpc) is 2.46. The molecule has 0 amide bonds. The molecule has 2 N–H and O–H groups in total. The molecule has 1 saturated carbocycles. The Morgan fingerprint density at radius 1 is 1.11 bits per heavy atom. The zero-order valence-corrected chi connectivity index (χ0v) is 11.7. The van der Waals surface area contributed by atoms with Crippen LogP contribution in [0.5, 0.6) is 0 Å². The van der Waals surface area contributed by atoms with E-state index in [0.29, 0.717) is 5.92 Å². The molecule has 1 nitrogen and oxygen atoms in total. The predicted octanol–water partition coefficient (Wildman–Crippen LogP) is 4.58. The first-order valence-corrected chi connectivity index (χ1v) is 7.61. The van der Waals surface area contributed by atoms with Gasteiger partial charge >= 0.3 is 0 Å². The van der Waals surface area contributed by atoms with Crippen molar-refractivity contribution in [2.45, 2.75) is 63.7 Å². The molecule has 0 saturated heterocycles. The van der Waals surface area contributed by atoms with Crippen LogP contribution < -0.4 is 5.73 Å². The minimum Gasteiger partial charge on any atom is -0.330 e. The molecule has 1 atom stereocenters. The van der Waals surface area contributed by atoms with Crippen LogP contribution in [0.1, 0.15) is 74.8 Å². The van der Waals surface area contributed by atoms with Crippen molar-refractivity contribution < 1.29 is 0 Å². The molecule has 0 bridgehead atoms. The van der Waals surface area contributed by atoms with Gasteiger partial charge in [0.1, 0.15) is 0 Å². The highest BCUT2D eigenvalue weighted by molar-refractivity contribution is 5.27. The summed E-state index contributed by atoms with van der Waals surface area (Å²) in [7, 11) is 0. The molecule has 0 radical (unpaired) electrons. The third-order valence-corrected chi connectivity index (χ3v) is 4.42. The van der Waals surface area contributed by atoms with E-state index in [9.17, 15) is 0 Å². The fourth-order valence-electron chi connectivity index (χ4n) is 3.12. The summed E-state index contributed by atoms with van der Waals surface area (Å²) in [5.41, 5.74) is 8.61. The molecule has 1 unspecified atom stereocenters. The lowest BCUT2D eigenvalue weighted by Gasteiger charge is -2.22. The Kier molecular flexibility index (Phi) is 5.25. The third kappa shape index (κ3) is 3.58. The van der Waals surface area contributed by atoms with Crippen molar-refractivity contribution in [3.63, 3.8) is 0 Å². The number of nitrogens with two attached hydrogens (primary N) is 1. The highest BCUT2D eigenvalue weighted by Crippen LogP contribution is 2.33. The lowest BCUT2D eigenvalue weighted by atomic mass is 9.83. The topological polar surface area (TPSA) is 26.0 Å². The van der Waals surface area contributed by atoms with Gasteiger partial charge in [-0.3, -0.25) is 0 Å². The van der Waals surface area contributed by atoms with Crippen molar-refractivity contribution in [1.29, 1.82) is 0 Å². The minimum absolute atomic E-state index is 0.647. The molecule has 0 heterocycles. The molecular weight excluding hydrogens is 218 g/mol. The van der Waals surface area contributed by atoms with Crippen molar-refractivity contribution in [2.24, 2.45) is 5.73 Å². The number of hydrogen-bond acceptors (Lipinski definition) is 1. The highest BCUT2D eigenvalue weighted by Gasteiger charge is 2.15. The van der Waals surface area contributed by atoms with E-state index >= 15 is 0 Å². The summed E-state index contributed by atoms with van der Waals surface area (Å²) in [4.78, 5) is 0. The van der Waals surface area contributed by atoms with Gasteiger partial charge in [-0.15, -0.1) is 0 Å². The van der Waals surface area contributed by atoms with Crippen LogP contribution in [0.25, 0.3) is 0 Å². The van der Waals surface area contributed by atoms with E-state index in [4.69, 9.17) is 5.73 Å². The van der Waals surface area contributed by atoms with E-state index in [2.05, 4.69) is 31.2 Å². The van der Waals surface area contributed by atoms with Crippen molar-refractivity contribution in [3.8, 4) is 0 Å². The standard InChI is InChI=1S/C17H27N/c1-14(6-5-13-18)15-9-11-17(12-10-15)16-7-3-2-4-8-16/h9-12,14,16H,2-8,13,18H2,1H3. The SMILES string of the molecule is CC(CCCN)c1ccc(C2CCCCC2)cc1. The molecule has 1 aliphatic rings. The predicted molar refractivity (Wildman–Crippen MR) is 79.0 cm³/mol. The van der Waals surface area contributed by atoms with Crippen molar-refractivity contribution in [3.05, 3.63) is 35.4 Å². The molecule has 1 heteroatoms. The second-order valence-corrected chi connectivity index (χ2v) is 5.83. The lowest BCUT2D eigenvalue weighted by molar-refractivity contribution is 0.443. The number of benzene rings is 1. The molecule has 18 heavy (non-hydrogen) atoms. The van der Waals surface area contributed by atoms with Gasteiger partial charge in [0.05, 0.1) is 0 Å². The van der Waals surface area contributed by atoms with Crippen LogP contribution in [-0.2, 0) is 0 Å². The van der Waals surface area contributed by atoms with Crippen LogP contribution in [0, 0.1) is 0 Å². The summed E-state index contributed by atoms with van der Waals surface area (Å²) in [5.74, 6) is 1.47. The Balaban J connectivity index is 1.95. The molecule has 1 aromatic rings. The maximum Gasteiger partial charge on any atom is -0.00771 e. The van der Waals surface area contributed by atoms with Gasteiger partial charge in [-0.05, 0) is 55.2 Å². The van der Waals surface area contributed by atoms with Crippen molar-refractivity contribution in [2.75, 3.05) is 6.54 Å². The Labute approximate surface area is 112 Å². The first kappa shape index (κ1) is 13.6. The molecule has 0 aromatic heterocycles. The van der Waals surface area contributed by atoms with Gasteiger partial charge in [0, 0.05) is 0 Å². The average molecular weight is 245 g/mol. The Bertz CT molecular complexity index is 335. The summed E-state index contributed by atoms with van der Waals surface area (Å²) in [5, 5.41) is 0. The third-order valence-electron chi connectivity index (χ3n) is 4.42. The Hall–Kier alpha value is -0.820. The van der Waals surface area contributed by atoms with Gasteiger partial charge in [-0.25, -0.2) is 0 Å². The monoisotopic (exact) mass is 245 g/mol. The molecule has 0 aliphatic heterocycles. The van der Waals surface area contributed by atoms with Crippen molar-refractivity contribution in [1.82, 2.24) is 0 Å². The second-order valence-electron chi connectivity index (χ2n) is 5.83. The number of rotatable bonds is 5. The summed E-state index contributed by atoms with van der Waals surface area (Å²) in [6.45, 7) is 3.12. The molecule has 2 rings (SSSR count). The van der Waals surface area contributed by atoms with Gasteiger partial charge in [-0.2, -0.15) is 0 Å². The van der Waals surface area contributed by atoms with Crippen LogP contribution in [0.4, 0.5) is 0 Å². The van der Waals surface area contributed by atoms with Gasteiger partial charge in [-0.1, -0.05) is 50.5 Å². The van der Waals surface area contributed by atoms with Crippen LogP contribution in [0.3, 0.4) is 0 Å². The summed E-state index contributed by atoms with van der Waals surface area (Å²) >= 11 is 0. The molecule has 0 spiro atoms. The van der Waals surface area contributed by atoms with E-state index in [1.165, 1.54) is 44.1 Å². The lowest BCUT2D eigenvalue weighted by Crippen LogP contribution is -2.05. The largest absolute Gasteiger partial charge is 0.330 e.